The molecule has 1 amide bonds. The van der Waals surface area contributed by atoms with Crippen molar-refractivity contribution in [3.05, 3.63) is 65.2 Å². The molecule has 4 heteroatoms. The van der Waals surface area contributed by atoms with E-state index in [0.717, 1.165) is 29.5 Å². The third-order valence-electron chi connectivity index (χ3n) is 5.48. The molecule has 0 spiro atoms. The molecule has 0 aliphatic carbocycles. The molecule has 148 valence electrons. The second kappa shape index (κ2) is 7.01. The lowest BCUT2D eigenvalue weighted by Crippen LogP contribution is -2.61. The second-order valence-corrected chi connectivity index (χ2v) is 8.91. The topological polar surface area (TPSA) is 60.8 Å². The van der Waals surface area contributed by atoms with Crippen molar-refractivity contribution in [3.63, 3.8) is 0 Å². The van der Waals surface area contributed by atoms with Gasteiger partial charge in [-0.3, -0.25) is 4.79 Å². The molecule has 0 unspecified atom stereocenters. The van der Waals surface area contributed by atoms with Crippen LogP contribution in [0.3, 0.4) is 0 Å². The third kappa shape index (κ3) is 3.77. The molecule has 2 aromatic carbocycles. The van der Waals surface area contributed by atoms with Crippen molar-refractivity contribution in [2.24, 2.45) is 0 Å². The Hall–Kier alpha value is -2.75. The first-order valence-corrected chi connectivity index (χ1v) is 9.63. The number of phenols is 2. The summed E-state index contributed by atoms with van der Waals surface area (Å²) >= 11 is 0. The Morgan fingerprint density at radius 2 is 1.14 bits per heavy atom. The van der Waals surface area contributed by atoms with Crippen LogP contribution in [0.4, 0.5) is 0 Å². The van der Waals surface area contributed by atoms with Crippen molar-refractivity contribution in [3.8, 4) is 11.5 Å². The molecule has 0 atom stereocenters. The van der Waals surface area contributed by atoms with Crippen LogP contribution < -0.4 is 0 Å². The van der Waals surface area contributed by atoms with Gasteiger partial charge < -0.3 is 15.1 Å². The Labute approximate surface area is 167 Å². The first-order chi connectivity index (χ1) is 13.0. The number of benzene rings is 2. The first kappa shape index (κ1) is 20.0. The van der Waals surface area contributed by atoms with Gasteiger partial charge in [0.25, 0.3) is 0 Å². The molecule has 2 N–H and O–H groups in total. The van der Waals surface area contributed by atoms with Crippen molar-refractivity contribution >= 4 is 11.5 Å². The Morgan fingerprint density at radius 1 is 0.786 bits per heavy atom. The molecule has 4 nitrogen and oxygen atoms in total. The van der Waals surface area contributed by atoms with Crippen LogP contribution in [0, 0.1) is 0 Å². The average molecular weight is 380 g/mol. The molecule has 1 saturated heterocycles. The molecule has 1 aliphatic rings. The first-order valence-electron chi connectivity index (χ1n) is 9.63. The maximum atomic E-state index is 12.4. The zero-order valence-corrected chi connectivity index (χ0v) is 17.3. The van der Waals surface area contributed by atoms with E-state index in [1.165, 1.54) is 5.57 Å². The highest BCUT2D eigenvalue weighted by molar-refractivity contribution is 5.84. The monoisotopic (exact) mass is 379 g/mol. The normalized spacial score (nSPS) is 18.0. The number of likely N-dealkylation sites (tertiary alicyclic amines) is 1. The lowest BCUT2D eigenvalue weighted by molar-refractivity contribution is -0.143. The maximum Gasteiger partial charge on any atom is 0.220 e. The zero-order valence-electron chi connectivity index (χ0n) is 17.3. The minimum absolute atomic E-state index is 0.0878. The van der Waals surface area contributed by atoms with E-state index in [2.05, 4.69) is 27.7 Å². The fourth-order valence-corrected chi connectivity index (χ4v) is 4.94. The third-order valence-corrected chi connectivity index (χ3v) is 5.48. The van der Waals surface area contributed by atoms with E-state index in [0.29, 0.717) is 0 Å². The van der Waals surface area contributed by atoms with Crippen LogP contribution in [0.15, 0.2) is 54.1 Å². The van der Waals surface area contributed by atoms with E-state index in [4.69, 9.17) is 0 Å². The summed E-state index contributed by atoms with van der Waals surface area (Å²) in [7, 11) is 0. The van der Waals surface area contributed by atoms with Gasteiger partial charge in [-0.1, -0.05) is 29.8 Å². The van der Waals surface area contributed by atoms with Gasteiger partial charge in [0, 0.05) is 18.0 Å². The summed E-state index contributed by atoms with van der Waals surface area (Å²) in [6, 6.07) is 14.4. The highest BCUT2D eigenvalue weighted by atomic mass is 16.3. The maximum absolute atomic E-state index is 12.4. The summed E-state index contributed by atoms with van der Waals surface area (Å²) in [5.74, 6) is 0.543. The van der Waals surface area contributed by atoms with Crippen molar-refractivity contribution in [2.45, 2.75) is 58.5 Å². The smallest absolute Gasteiger partial charge is 0.220 e. The highest BCUT2D eigenvalue weighted by Gasteiger charge is 2.45. The van der Waals surface area contributed by atoms with Crippen LogP contribution >= 0.6 is 0 Å². The van der Waals surface area contributed by atoms with Crippen molar-refractivity contribution in [2.75, 3.05) is 0 Å². The van der Waals surface area contributed by atoms with Gasteiger partial charge in [0.2, 0.25) is 5.91 Å². The summed E-state index contributed by atoms with van der Waals surface area (Å²) in [6.45, 7) is 10.1. The predicted molar refractivity (Wildman–Crippen MR) is 112 cm³/mol. The Balaban J connectivity index is 2.21. The number of carbonyl (C=O) groups excluding carboxylic acids is 1. The molecule has 2 aromatic rings. The minimum atomic E-state index is -0.317. The number of hydrogen-bond acceptors (Lipinski definition) is 3. The van der Waals surface area contributed by atoms with Gasteiger partial charge >= 0.3 is 0 Å². The molecule has 0 saturated carbocycles. The summed E-state index contributed by atoms with van der Waals surface area (Å²) in [5, 5.41) is 19.4. The standard InChI is InChI=1S/C24H29NO3/c1-16(26)25-23(2,3)14-19(15-24(25,4)5)22(17-6-10-20(27)11-7-17)18-8-12-21(28)13-9-18/h6-13,27-28H,14-15H2,1-5H3. The fourth-order valence-electron chi connectivity index (χ4n) is 4.94. The lowest BCUT2D eigenvalue weighted by Gasteiger charge is -2.54. The number of hydrogen-bond donors (Lipinski definition) is 2. The summed E-state index contributed by atoms with van der Waals surface area (Å²) < 4.78 is 0. The second-order valence-electron chi connectivity index (χ2n) is 8.91. The Kier molecular flexibility index (Phi) is 5.00. The van der Waals surface area contributed by atoms with Gasteiger partial charge in [0.15, 0.2) is 0 Å². The number of nitrogens with zero attached hydrogens (tertiary/aromatic N) is 1. The van der Waals surface area contributed by atoms with Gasteiger partial charge in [0.05, 0.1) is 0 Å². The van der Waals surface area contributed by atoms with Crippen LogP contribution in [-0.4, -0.2) is 32.1 Å². The number of piperidine rings is 1. The minimum Gasteiger partial charge on any atom is -0.508 e. The summed E-state index contributed by atoms with van der Waals surface area (Å²) in [4.78, 5) is 14.4. The van der Waals surface area contributed by atoms with E-state index < -0.39 is 0 Å². The van der Waals surface area contributed by atoms with Crippen LogP contribution in [0.25, 0.3) is 5.57 Å². The van der Waals surface area contributed by atoms with Gasteiger partial charge in [-0.15, -0.1) is 0 Å². The summed E-state index contributed by atoms with van der Waals surface area (Å²) in [5.41, 5.74) is 3.76. The molecule has 1 fully saturated rings. The molecule has 0 aromatic heterocycles. The van der Waals surface area contributed by atoms with Crippen LogP contribution in [-0.2, 0) is 4.79 Å². The predicted octanol–water partition coefficient (Wildman–Crippen LogP) is 5.10. The molecular weight excluding hydrogens is 350 g/mol. The van der Waals surface area contributed by atoms with Crippen LogP contribution in [0.2, 0.25) is 0 Å². The quantitative estimate of drug-likeness (QED) is 0.763. The van der Waals surface area contributed by atoms with Crippen LogP contribution in [0.5, 0.6) is 11.5 Å². The van der Waals surface area contributed by atoms with Crippen LogP contribution in [0.1, 0.15) is 58.6 Å². The van der Waals surface area contributed by atoms with Gasteiger partial charge in [0.1, 0.15) is 11.5 Å². The SMILES string of the molecule is CC(=O)N1C(C)(C)CC(=C(c2ccc(O)cc2)c2ccc(O)cc2)CC1(C)C. The Bertz CT molecular complexity index is 838. The van der Waals surface area contributed by atoms with E-state index >= 15 is 0 Å². The molecule has 28 heavy (non-hydrogen) atoms. The van der Waals surface area contributed by atoms with Crippen molar-refractivity contribution in [1.82, 2.24) is 4.90 Å². The summed E-state index contributed by atoms with van der Waals surface area (Å²) in [6.07, 6.45) is 1.51. The number of amides is 1. The highest BCUT2D eigenvalue weighted by Crippen LogP contribution is 2.45. The molecular formula is C24H29NO3. The molecule has 1 aliphatic heterocycles. The lowest BCUT2D eigenvalue weighted by atomic mass is 9.73. The van der Waals surface area contributed by atoms with Crippen molar-refractivity contribution < 1.29 is 15.0 Å². The van der Waals surface area contributed by atoms with E-state index in [-0.39, 0.29) is 28.5 Å². The Morgan fingerprint density at radius 3 is 1.46 bits per heavy atom. The zero-order chi connectivity index (χ0) is 20.7. The number of carbonyl (C=O) groups is 1. The van der Waals surface area contributed by atoms with Gasteiger partial charge in [-0.25, -0.2) is 0 Å². The van der Waals surface area contributed by atoms with Crippen molar-refractivity contribution in [1.29, 1.82) is 0 Å². The molecule has 0 radical (unpaired) electrons. The van der Waals surface area contributed by atoms with E-state index in [1.807, 2.05) is 29.2 Å². The largest absolute Gasteiger partial charge is 0.508 e. The van der Waals surface area contributed by atoms with E-state index in [1.54, 1.807) is 31.2 Å². The molecule has 3 rings (SSSR count). The number of rotatable bonds is 2. The molecule has 1 heterocycles. The molecule has 0 bridgehead atoms. The number of phenolic OH excluding ortho intramolecular Hbond substituents is 2. The van der Waals surface area contributed by atoms with E-state index in [9.17, 15) is 15.0 Å². The average Bonchev–Trinajstić information content (AvgIpc) is 2.56. The number of aromatic hydroxyl groups is 2. The van der Waals surface area contributed by atoms with Gasteiger partial charge in [-0.2, -0.15) is 0 Å². The van der Waals surface area contributed by atoms with Gasteiger partial charge in [-0.05, 0) is 81.5 Å². The fraction of sp³-hybridized carbons (Fsp3) is 0.375.